The zero-order valence-electron chi connectivity index (χ0n) is 6.90. The molecular formula is C8H12Cl2N2. The highest BCUT2D eigenvalue weighted by Gasteiger charge is 2.41. The van der Waals surface area contributed by atoms with Gasteiger partial charge in [0, 0.05) is 0 Å². The summed E-state index contributed by atoms with van der Waals surface area (Å²) in [6, 6.07) is 0. The quantitative estimate of drug-likeness (QED) is 0.538. The second-order valence-corrected chi connectivity index (χ2v) is 4.20. The highest BCUT2D eigenvalue weighted by Crippen LogP contribution is 2.52. The van der Waals surface area contributed by atoms with Crippen molar-refractivity contribution in [1.82, 2.24) is 0 Å². The van der Waals surface area contributed by atoms with Gasteiger partial charge in [-0.15, -0.1) is 0 Å². The largest absolute Gasteiger partial charge is 0.389 e. The summed E-state index contributed by atoms with van der Waals surface area (Å²) in [7, 11) is 0. The van der Waals surface area contributed by atoms with E-state index in [-0.39, 0.29) is 10.6 Å². The summed E-state index contributed by atoms with van der Waals surface area (Å²) in [5.74, 6) is 0. The second-order valence-electron chi connectivity index (χ2n) is 3.35. The van der Waals surface area contributed by atoms with Gasteiger partial charge >= 0.3 is 0 Å². The third kappa shape index (κ3) is 2.08. The highest BCUT2D eigenvalue weighted by molar-refractivity contribution is 6.31. The Hall–Kier alpha value is -0.340. The number of hydrogen-bond donors (Lipinski definition) is 2. The van der Waals surface area contributed by atoms with E-state index in [0.29, 0.717) is 5.16 Å². The topological polar surface area (TPSA) is 52.0 Å². The Labute approximate surface area is 82.2 Å². The van der Waals surface area contributed by atoms with E-state index < -0.39 is 0 Å². The lowest BCUT2D eigenvalue weighted by molar-refractivity contribution is 0.703. The van der Waals surface area contributed by atoms with Crippen molar-refractivity contribution in [2.24, 2.45) is 16.9 Å². The molecule has 0 heterocycles. The first-order valence-electron chi connectivity index (χ1n) is 3.74. The fourth-order valence-electron chi connectivity index (χ4n) is 1.13. The summed E-state index contributed by atoms with van der Waals surface area (Å²) in [5, 5.41) is 0.514. The average molecular weight is 207 g/mol. The van der Waals surface area contributed by atoms with Crippen molar-refractivity contribution in [3.63, 3.8) is 0 Å². The van der Waals surface area contributed by atoms with Crippen LogP contribution in [0.15, 0.2) is 22.0 Å². The van der Waals surface area contributed by atoms with Crippen LogP contribution in [0.5, 0.6) is 0 Å². The van der Waals surface area contributed by atoms with Crippen LogP contribution in [-0.4, -0.2) is 0 Å². The maximum atomic E-state index is 5.71. The molecule has 4 heteroatoms. The molecule has 0 bridgehead atoms. The lowest BCUT2D eigenvalue weighted by atomic mass is 9.99. The number of rotatable bonds is 2. The Morgan fingerprint density at radius 3 is 2.08 bits per heavy atom. The van der Waals surface area contributed by atoms with Crippen molar-refractivity contribution in [2.75, 3.05) is 0 Å². The van der Waals surface area contributed by atoms with Crippen molar-refractivity contribution < 1.29 is 0 Å². The van der Waals surface area contributed by atoms with Crippen LogP contribution >= 0.6 is 23.2 Å². The Kier molecular flexibility index (Phi) is 2.59. The third-order valence-corrected chi connectivity index (χ3v) is 2.50. The van der Waals surface area contributed by atoms with E-state index in [0.717, 1.165) is 18.4 Å². The summed E-state index contributed by atoms with van der Waals surface area (Å²) in [4.78, 5) is 0. The molecule has 0 unspecified atom stereocenters. The Bertz CT molecular complexity index is 244. The molecule has 0 aliphatic heterocycles. The molecule has 0 spiro atoms. The zero-order chi connectivity index (χ0) is 9.35. The normalized spacial score (nSPS) is 23.4. The summed E-state index contributed by atoms with van der Waals surface area (Å²) in [5.41, 5.74) is 11.8. The first-order chi connectivity index (χ1) is 5.46. The van der Waals surface area contributed by atoms with Crippen LogP contribution in [0.4, 0.5) is 0 Å². The highest BCUT2D eigenvalue weighted by atomic mass is 35.5. The molecule has 68 valence electrons. The standard InChI is InChI=1S/C8H12Cl2N2/c1-8(2-3-8)5(7(10)12)4-6(9)11/h4H,2-3,11-12H2,1H3/b6-4-,7-5+. The van der Waals surface area contributed by atoms with E-state index >= 15 is 0 Å². The van der Waals surface area contributed by atoms with Crippen LogP contribution in [0.3, 0.4) is 0 Å². The van der Waals surface area contributed by atoms with E-state index in [1.807, 2.05) is 0 Å². The van der Waals surface area contributed by atoms with Crippen molar-refractivity contribution >= 4 is 23.2 Å². The van der Waals surface area contributed by atoms with E-state index in [1.54, 1.807) is 6.08 Å². The second kappa shape index (κ2) is 3.19. The molecule has 0 amide bonds. The Balaban J connectivity index is 2.92. The summed E-state index contributed by atoms with van der Waals surface area (Å²) >= 11 is 11.3. The molecule has 0 atom stereocenters. The first kappa shape index (κ1) is 9.75. The predicted octanol–water partition coefficient (Wildman–Crippen LogP) is 2.23. The van der Waals surface area contributed by atoms with Gasteiger partial charge in [-0.3, -0.25) is 0 Å². The van der Waals surface area contributed by atoms with E-state index in [9.17, 15) is 0 Å². The number of hydrogen-bond acceptors (Lipinski definition) is 2. The fourth-order valence-corrected chi connectivity index (χ4v) is 1.52. The molecule has 0 saturated heterocycles. The molecule has 1 fully saturated rings. The summed E-state index contributed by atoms with van der Waals surface area (Å²) < 4.78 is 0. The van der Waals surface area contributed by atoms with Crippen LogP contribution in [0.25, 0.3) is 0 Å². The van der Waals surface area contributed by atoms with Crippen LogP contribution in [0.2, 0.25) is 0 Å². The van der Waals surface area contributed by atoms with E-state index in [1.165, 1.54) is 0 Å². The molecule has 0 radical (unpaired) electrons. The maximum absolute atomic E-state index is 5.71. The van der Waals surface area contributed by atoms with Gasteiger partial charge in [-0.05, 0) is 29.9 Å². The van der Waals surface area contributed by atoms with Crippen LogP contribution in [-0.2, 0) is 0 Å². The summed E-state index contributed by atoms with van der Waals surface area (Å²) in [6.07, 6.45) is 3.82. The van der Waals surface area contributed by atoms with Gasteiger partial charge in [0.15, 0.2) is 0 Å². The lowest BCUT2D eigenvalue weighted by Gasteiger charge is -2.10. The molecule has 1 aliphatic rings. The summed E-state index contributed by atoms with van der Waals surface area (Å²) in [6.45, 7) is 2.09. The maximum Gasteiger partial charge on any atom is 0.103 e. The van der Waals surface area contributed by atoms with Gasteiger partial charge in [-0.2, -0.15) is 0 Å². The van der Waals surface area contributed by atoms with Crippen molar-refractivity contribution in [2.45, 2.75) is 19.8 Å². The number of halogens is 2. The van der Waals surface area contributed by atoms with Gasteiger partial charge in [-0.25, -0.2) is 0 Å². The van der Waals surface area contributed by atoms with Crippen molar-refractivity contribution in [3.8, 4) is 0 Å². The smallest absolute Gasteiger partial charge is 0.103 e. The molecular weight excluding hydrogens is 195 g/mol. The van der Waals surface area contributed by atoms with Crippen LogP contribution in [0, 0.1) is 5.41 Å². The minimum atomic E-state index is 0.103. The monoisotopic (exact) mass is 206 g/mol. The number of nitrogens with two attached hydrogens (primary N) is 2. The fraction of sp³-hybridized carbons (Fsp3) is 0.500. The zero-order valence-corrected chi connectivity index (χ0v) is 8.41. The van der Waals surface area contributed by atoms with E-state index in [2.05, 4.69) is 6.92 Å². The Morgan fingerprint density at radius 2 is 1.83 bits per heavy atom. The van der Waals surface area contributed by atoms with Gasteiger partial charge in [0.25, 0.3) is 0 Å². The van der Waals surface area contributed by atoms with Gasteiger partial charge in [0.05, 0.1) is 5.16 Å². The first-order valence-corrected chi connectivity index (χ1v) is 4.50. The third-order valence-electron chi connectivity index (χ3n) is 2.19. The lowest BCUT2D eigenvalue weighted by Crippen LogP contribution is -2.05. The van der Waals surface area contributed by atoms with E-state index in [4.69, 9.17) is 34.7 Å². The van der Waals surface area contributed by atoms with Gasteiger partial charge in [0.1, 0.15) is 5.16 Å². The van der Waals surface area contributed by atoms with Crippen molar-refractivity contribution in [3.05, 3.63) is 22.0 Å². The molecule has 4 N–H and O–H groups in total. The predicted molar refractivity (Wildman–Crippen MR) is 52.5 cm³/mol. The molecule has 1 rings (SSSR count). The molecule has 1 aliphatic carbocycles. The molecule has 2 nitrogen and oxygen atoms in total. The number of allylic oxidation sites excluding steroid dienone is 2. The van der Waals surface area contributed by atoms with Crippen LogP contribution < -0.4 is 11.5 Å². The van der Waals surface area contributed by atoms with Crippen molar-refractivity contribution in [1.29, 1.82) is 0 Å². The average Bonchev–Trinajstić information content (AvgIpc) is 2.63. The molecule has 12 heavy (non-hydrogen) atoms. The molecule has 0 aromatic carbocycles. The molecule has 1 saturated carbocycles. The van der Waals surface area contributed by atoms with Gasteiger partial charge in [0.2, 0.25) is 0 Å². The van der Waals surface area contributed by atoms with Crippen LogP contribution in [0.1, 0.15) is 19.8 Å². The van der Waals surface area contributed by atoms with Gasteiger partial charge < -0.3 is 11.5 Å². The minimum Gasteiger partial charge on any atom is -0.389 e. The molecule has 0 aromatic heterocycles. The minimum absolute atomic E-state index is 0.103. The Morgan fingerprint density at radius 1 is 1.33 bits per heavy atom. The molecule has 0 aromatic rings. The van der Waals surface area contributed by atoms with Gasteiger partial charge in [-0.1, -0.05) is 30.1 Å². The SMILES string of the molecule is CC1(C(/C=C(\N)Cl)=C(/N)Cl)CC1.